The van der Waals surface area contributed by atoms with E-state index >= 15 is 0 Å². The molecule has 3 heteroatoms. The largest absolute Gasteiger partial charge is 0.299 e. The molecule has 2 heterocycles. The minimum absolute atomic E-state index is 0. The maximum atomic E-state index is 5.35. The van der Waals surface area contributed by atoms with Crippen LogP contribution in [0.2, 0.25) is 0 Å². The van der Waals surface area contributed by atoms with E-state index in [9.17, 15) is 0 Å². The highest BCUT2D eigenvalue weighted by molar-refractivity contribution is 5.85. The standard InChI is InChI=1S/C12H14N2.ClH/c1-3-10-7-11(9-13-8-10)12-5-4-6-14(12)2;/h1,7-9,12H,4-6H2,2H3;1H/t12-;/m0./s1. The van der Waals surface area contributed by atoms with Crippen molar-refractivity contribution >= 4 is 12.4 Å². The number of nitrogens with zero attached hydrogens (tertiary/aromatic N) is 2. The van der Waals surface area contributed by atoms with E-state index in [0.29, 0.717) is 6.04 Å². The SMILES string of the molecule is C#Cc1cncc([C@@H]2CCCN2C)c1.Cl. The zero-order chi connectivity index (χ0) is 9.97. The maximum absolute atomic E-state index is 5.35. The summed E-state index contributed by atoms with van der Waals surface area (Å²) >= 11 is 0. The Labute approximate surface area is 97.1 Å². The first-order valence-corrected chi connectivity index (χ1v) is 4.93. The van der Waals surface area contributed by atoms with Gasteiger partial charge in [0.15, 0.2) is 0 Å². The lowest BCUT2D eigenvalue weighted by Crippen LogP contribution is -2.17. The predicted molar refractivity (Wildman–Crippen MR) is 64.0 cm³/mol. The maximum Gasteiger partial charge on any atom is 0.0429 e. The summed E-state index contributed by atoms with van der Waals surface area (Å²) in [6.45, 7) is 1.17. The lowest BCUT2D eigenvalue weighted by molar-refractivity contribution is 0.317. The van der Waals surface area contributed by atoms with Crippen LogP contribution in [0.15, 0.2) is 18.5 Å². The second-order valence-corrected chi connectivity index (χ2v) is 3.79. The van der Waals surface area contributed by atoms with Gasteiger partial charge in [-0.3, -0.25) is 9.88 Å². The second kappa shape index (κ2) is 5.16. The highest BCUT2D eigenvalue weighted by atomic mass is 35.5. The molecule has 0 spiro atoms. The molecule has 1 aromatic rings. The Kier molecular flexibility index (Phi) is 4.14. The van der Waals surface area contributed by atoms with Crippen LogP contribution in [0.25, 0.3) is 0 Å². The molecule has 0 unspecified atom stereocenters. The van der Waals surface area contributed by atoms with Crippen molar-refractivity contribution in [3.63, 3.8) is 0 Å². The third kappa shape index (κ3) is 2.50. The Bertz CT molecular complexity index is 370. The van der Waals surface area contributed by atoms with Crippen molar-refractivity contribution in [2.24, 2.45) is 0 Å². The summed E-state index contributed by atoms with van der Waals surface area (Å²) in [7, 11) is 2.15. The lowest BCUT2D eigenvalue weighted by atomic mass is 10.1. The first-order chi connectivity index (χ1) is 6.81. The first-order valence-electron chi connectivity index (χ1n) is 4.93. The van der Waals surface area contributed by atoms with Gasteiger partial charge in [-0.1, -0.05) is 5.92 Å². The molecule has 1 aliphatic heterocycles. The molecule has 80 valence electrons. The van der Waals surface area contributed by atoms with Crippen molar-refractivity contribution in [3.05, 3.63) is 29.6 Å². The topological polar surface area (TPSA) is 16.1 Å². The van der Waals surface area contributed by atoms with Gasteiger partial charge < -0.3 is 0 Å². The summed E-state index contributed by atoms with van der Waals surface area (Å²) in [5.74, 6) is 2.62. The molecule has 1 saturated heterocycles. The van der Waals surface area contributed by atoms with E-state index < -0.39 is 0 Å². The van der Waals surface area contributed by atoms with Gasteiger partial charge in [-0.05, 0) is 38.1 Å². The van der Waals surface area contributed by atoms with Gasteiger partial charge in [0.05, 0.1) is 0 Å². The summed E-state index contributed by atoms with van der Waals surface area (Å²) in [6, 6.07) is 2.58. The zero-order valence-corrected chi connectivity index (χ0v) is 9.63. The molecule has 1 aliphatic rings. The average molecular weight is 223 g/mol. The predicted octanol–water partition coefficient (Wildman–Crippen LogP) is 2.25. The fourth-order valence-corrected chi connectivity index (χ4v) is 2.05. The van der Waals surface area contributed by atoms with Crippen LogP contribution >= 0.6 is 12.4 Å². The highest BCUT2D eigenvalue weighted by Crippen LogP contribution is 2.29. The third-order valence-corrected chi connectivity index (χ3v) is 2.83. The van der Waals surface area contributed by atoms with Gasteiger partial charge in [0, 0.05) is 24.0 Å². The Morgan fingerprint density at radius 1 is 1.53 bits per heavy atom. The number of aromatic nitrogens is 1. The van der Waals surface area contributed by atoms with Crippen molar-refractivity contribution in [3.8, 4) is 12.3 Å². The van der Waals surface area contributed by atoms with Gasteiger partial charge >= 0.3 is 0 Å². The van der Waals surface area contributed by atoms with Crippen LogP contribution in [-0.4, -0.2) is 23.5 Å². The minimum Gasteiger partial charge on any atom is -0.299 e. The molecule has 1 fully saturated rings. The number of terminal acetylenes is 1. The van der Waals surface area contributed by atoms with Crippen LogP contribution in [0.4, 0.5) is 0 Å². The van der Waals surface area contributed by atoms with Crippen LogP contribution in [0, 0.1) is 12.3 Å². The van der Waals surface area contributed by atoms with Crippen molar-refractivity contribution in [2.75, 3.05) is 13.6 Å². The van der Waals surface area contributed by atoms with Gasteiger partial charge in [0.25, 0.3) is 0 Å². The van der Waals surface area contributed by atoms with Gasteiger partial charge in [-0.25, -0.2) is 0 Å². The first kappa shape index (κ1) is 12.0. The van der Waals surface area contributed by atoms with Crippen molar-refractivity contribution in [2.45, 2.75) is 18.9 Å². The van der Waals surface area contributed by atoms with Crippen LogP contribution in [-0.2, 0) is 0 Å². The van der Waals surface area contributed by atoms with Crippen LogP contribution < -0.4 is 0 Å². The monoisotopic (exact) mass is 222 g/mol. The second-order valence-electron chi connectivity index (χ2n) is 3.79. The van der Waals surface area contributed by atoms with E-state index in [2.05, 4.69) is 28.9 Å². The number of halogens is 1. The lowest BCUT2D eigenvalue weighted by Gasteiger charge is -2.19. The van der Waals surface area contributed by atoms with Crippen LogP contribution in [0.5, 0.6) is 0 Å². The van der Waals surface area contributed by atoms with Gasteiger partial charge in [0.1, 0.15) is 0 Å². The number of rotatable bonds is 1. The van der Waals surface area contributed by atoms with E-state index in [1.165, 1.54) is 24.9 Å². The van der Waals surface area contributed by atoms with Crippen molar-refractivity contribution in [1.29, 1.82) is 0 Å². The summed E-state index contributed by atoms with van der Waals surface area (Å²) in [4.78, 5) is 6.52. The smallest absolute Gasteiger partial charge is 0.0429 e. The molecule has 2 rings (SSSR count). The molecule has 0 aromatic carbocycles. The number of hydrogen-bond acceptors (Lipinski definition) is 2. The molecule has 0 N–H and O–H groups in total. The highest BCUT2D eigenvalue weighted by Gasteiger charge is 2.22. The average Bonchev–Trinajstić information content (AvgIpc) is 2.65. The quantitative estimate of drug-likeness (QED) is 0.678. The van der Waals surface area contributed by atoms with E-state index in [-0.39, 0.29) is 12.4 Å². The molecule has 1 aromatic heterocycles. The zero-order valence-electron chi connectivity index (χ0n) is 8.81. The fraction of sp³-hybridized carbons (Fsp3) is 0.417. The summed E-state index contributed by atoms with van der Waals surface area (Å²) < 4.78 is 0. The van der Waals surface area contributed by atoms with E-state index in [1.54, 1.807) is 6.20 Å². The van der Waals surface area contributed by atoms with Gasteiger partial charge in [-0.2, -0.15) is 0 Å². The Morgan fingerprint density at radius 2 is 2.33 bits per heavy atom. The minimum atomic E-state index is 0. The third-order valence-electron chi connectivity index (χ3n) is 2.83. The Balaban J connectivity index is 0.00000112. The molecular formula is C12H15ClN2. The van der Waals surface area contributed by atoms with E-state index in [0.717, 1.165) is 5.56 Å². The number of hydrogen-bond donors (Lipinski definition) is 0. The van der Waals surface area contributed by atoms with Crippen molar-refractivity contribution in [1.82, 2.24) is 9.88 Å². The molecule has 0 aliphatic carbocycles. The molecule has 2 nitrogen and oxygen atoms in total. The molecule has 0 bridgehead atoms. The molecule has 0 saturated carbocycles. The van der Waals surface area contributed by atoms with Gasteiger partial charge in [-0.15, -0.1) is 18.8 Å². The Morgan fingerprint density at radius 3 is 2.93 bits per heavy atom. The number of likely N-dealkylation sites (tertiary alicyclic amines) is 1. The molecule has 0 radical (unpaired) electrons. The van der Waals surface area contributed by atoms with Crippen LogP contribution in [0.1, 0.15) is 30.0 Å². The van der Waals surface area contributed by atoms with E-state index in [4.69, 9.17) is 6.42 Å². The summed E-state index contributed by atoms with van der Waals surface area (Å²) in [5.41, 5.74) is 2.13. The molecule has 1 atom stereocenters. The van der Waals surface area contributed by atoms with Crippen LogP contribution in [0.3, 0.4) is 0 Å². The van der Waals surface area contributed by atoms with E-state index in [1.807, 2.05) is 6.20 Å². The fourth-order valence-electron chi connectivity index (χ4n) is 2.05. The Hall–Kier alpha value is -1.04. The normalized spacial score (nSPS) is 20.7. The van der Waals surface area contributed by atoms with Crippen molar-refractivity contribution < 1.29 is 0 Å². The summed E-state index contributed by atoms with van der Waals surface area (Å²) in [6.07, 6.45) is 11.5. The summed E-state index contributed by atoms with van der Waals surface area (Å²) in [5, 5.41) is 0. The molecule has 15 heavy (non-hydrogen) atoms. The molecular weight excluding hydrogens is 208 g/mol. The molecule has 0 amide bonds. The number of pyridine rings is 1. The van der Waals surface area contributed by atoms with Gasteiger partial charge in [0.2, 0.25) is 0 Å².